The first-order valence-corrected chi connectivity index (χ1v) is 9.14. The molecule has 1 aromatic carbocycles. The molecular weight excluding hydrogens is 437 g/mol. The van der Waals surface area contributed by atoms with Crippen LogP contribution in [-0.2, 0) is 6.18 Å². The molecule has 2 aromatic rings. The molecule has 1 aliphatic heterocycles. The molecule has 1 fully saturated rings. The van der Waals surface area contributed by atoms with Gasteiger partial charge >= 0.3 is 12.2 Å². The van der Waals surface area contributed by atoms with Gasteiger partial charge in [0, 0.05) is 18.4 Å². The number of nitrogens with two attached hydrogens (primary N) is 1. The fourth-order valence-electron chi connectivity index (χ4n) is 3.14. The first-order valence-electron chi connectivity index (χ1n) is 9.14. The zero-order chi connectivity index (χ0) is 22.3. The van der Waals surface area contributed by atoms with Gasteiger partial charge in [0.25, 0.3) is 5.91 Å². The van der Waals surface area contributed by atoms with E-state index in [4.69, 9.17) is 5.73 Å². The normalized spacial score (nSPS) is 15.3. The summed E-state index contributed by atoms with van der Waals surface area (Å²) in [6.07, 6.45) is -3.36. The Morgan fingerprint density at radius 3 is 2.55 bits per heavy atom. The number of carbonyl (C=O) groups excluding carboxylic acids is 2. The Balaban J connectivity index is 0.00000341. The number of rotatable bonds is 4. The first-order chi connectivity index (χ1) is 13.9. The SMILES string of the molecule is CCN(C(=O)c1cnc(N2CC(C)(C)NC2=O)nc1N)c1cccc(C(F)(F)F)c1.Cl. The first kappa shape index (κ1) is 24.2. The van der Waals surface area contributed by atoms with Crippen molar-refractivity contribution in [3.63, 3.8) is 0 Å². The monoisotopic (exact) mass is 458 g/mol. The van der Waals surface area contributed by atoms with E-state index in [2.05, 4.69) is 15.3 Å². The van der Waals surface area contributed by atoms with Crippen LogP contribution in [-0.4, -0.2) is 40.5 Å². The average Bonchev–Trinajstić information content (AvgIpc) is 2.94. The van der Waals surface area contributed by atoms with Gasteiger partial charge in [-0.1, -0.05) is 6.07 Å². The van der Waals surface area contributed by atoms with Gasteiger partial charge in [-0.25, -0.2) is 9.78 Å². The van der Waals surface area contributed by atoms with Crippen LogP contribution >= 0.6 is 12.4 Å². The Morgan fingerprint density at radius 2 is 2.03 bits per heavy atom. The number of nitrogens with zero attached hydrogens (tertiary/aromatic N) is 4. The van der Waals surface area contributed by atoms with E-state index in [1.165, 1.54) is 23.2 Å². The third-order valence-corrected chi connectivity index (χ3v) is 4.57. The highest BCUT2D eigenvalue weighted by Gasteiger charge is 2.37. The maximum atomic E-state index is 13.0. The van der Waals surface area contributed by atoms with Crippen LogP contribution in [0.3, 0.4) is 0 Å². The number of carbonyl (C=O) groups is 2. The number of nitrogens with one attached hydrogen (secondary N) is 1. The Morgan fingerprint density at radius 1 is 1.35 bits per heavy atom. The smallest absolute Gasteiger partial charge is 0.383 e. The van der Waals surface area contributed by atoms with Crippen LogP contribution in [0.4, 0.5) is 35.4 Å². The van der Waals surface area contributed by atoms with Gasteiger partial charge in [-0.05, 0) is 39.0 Å². The number of amides is 3. The van der Waals surface area contributed by atoms with Gasteiger partial charge < -0.3 is 16.0 Å². The molecule has 0 aliphatic carbocycles. The standard InChI is InChI=1S/C19H21F3N6O2.ClH/c1-4-27(12-7-5-6-11(8-12)19(20,21)22)15(29)13-9-24-16(25-14(13)23)28-10-18(2,3)26-17(28)30;/h5-9H,4,10H2,1-3H3,(H,26,30)(H2,23,24,25);1H. The van der Waals surface area contributed by atoms with Gasteiger partial charge in [0.15, 0.2) is 0 Å². The number of hydrogen-bond acceptors (Lipinski definition) is 5. The van der Waals surface area contributed by atoms with Crippen LogP contribution in [0.2, 0.25) is 0 Å². The number of benzene rings is 1. The molecule has 8 nitrogen and oxygen atoms in total. The van der Waals surface area contributed by atoms with Crippen molar-refractivity contribution in [3.05, 3.63) is 41.6 Å². The van der Waals surface area contributed by atoms with Gasteiger partial charge in [-0.15, -0.1) is 12.4 Å². The van der Waals surface area contributed by atoms with Crippen LogP contribution in [0.15, 0.2) is 30.5 Å². The maximum Gasteiger partial charge on any atom is 0.416 e. The highest BCUT2D eigenvalue weighted by Crippen LogP contribution is 2.32. The van der Waals surface area contributed by atoms with Crippen molar-refractivity contribution >= 4 is 41.8 Å². The average molecular weight is 459 g/mol. The number of anilines is 3. The molecule has 1 aliphatic rings. The number of hydrogen-bond donors (Lipinski definition) is 2. The summed E-state index contributed by atoms with van der Waals surface area (Å²) in [4.78, 5) is 35.6. The van der Waals surface area contributed by atoms with Crippen molar-refractivity contribution in [1.29, 1.82) is 0 Å². The summed E-state index contributed by atoms with van der Waals surface area (Å²) in [7, 11) is 0. The van der Waals surface area contributed by atoms with Gasteiger partial charge in [0.1, 0.15) is 11.4 Å². The van der Waals surface area contributed by atoms with Crippen LogP contribution in [0.1, 0.15) is 36.7 Å². The summed E-state index contributed by atoms with van der Waals surface area (Å²) >= 11 is 0. The zero-order valence-electron chi connectivity index (χ0n) is 17.0. The number of nitrogen functional groups attached to an aromatic ring is 1. The minimum absolute atomic E-state index is 0. The molecule has 2 heterocycles. The molecule has 12 heteroatoms. The molecule has 3 amide bonds. The molecular formula is C19H22ClF3N6O2. The second-order valence-corrected chi connectivity index (χ2v) is 7.47. The minimum atomic E-state index is -4.54. The third kappa shape index (κ3) is 4.98. The quantitative estimate of drug-likeness (QED) is 0.730. The fraction of sp³-hybridized carbons (Fsp3) is 0.368. The van der Waals surface area contributed by atoms with E-state index < -0.39 is 29.2 Å². The second-order valence-electron chi connectivity index (χ2n) is 7.47. The number of urea groups is 1. The molecule has 0 spiro atoms. The topological polar surface area (TPSA) is 104 Å². The van der Waals surface area contributed by atoms with Gasteiger partial charge in [0.05, 0.1) is 17.6 Å². The summed E-state index contributed by atoms with van der Waals surface area (Å²) in [5.74, 6) is -0.783. The van der Waals surface area contributed by atoms with Crippen molar-refractivity contribution in [1.82, 2.24) is 15.3 Å². The Hall–Kier alpha value is -3.08. The number of alkyl halides is 3. The molecule has 0 atom stereocenters. The van der Waals surface area contributed by atoms with Gasteiger partial charge in [-0.2, -0.15) is 18.2 Å². The lowest BCUT2D eigenvalue weighted by Gasteiger charge is -2.23. The molecule has 0 bridgehead atoms. The van der Waals surface area contributed by atoms with Crippen molar-refractivity contribution in [3.8, 4) is 0 Å². The molecule has 1 saturated heterocycles. The van der Waals surface area contributed by atoms with Crippen LogP contribution in [0, 0.1) is 0 Å². The molecule has 1 aromatic heterocycles. The van der Waals surface area contributed by atoms with Crippen molar-refractivity contribution in [2.75, 3.05) is 28.6 Å². The summed E-state index contributed by atoms with van der Waals surface area (Å²) in [6.45, 7) is 5.70. The molecule has 0 radical (unpaired) electrons. The predicted octanol–water partition coefficient (Wildman–Crippen LogP) is 3.47. The van der Waals surface area contributed by atoms with Crippen molar-refractivity contribution in [2.24, 2.45) is 0 Å². The zero-order valence-corrected chi connectivity index (χ0v) is 17.8. The van der Waals surface area contributed by atoms with Gasteiger partial charge in [0.2, 0.25) is 5.95 Å². The van der Waals surface area contributed by atoms with Crippen LogP contribution < -0.4 is 20.9 Å². The lowest BCUT2D eigenvalue weighted by molar-refractivity contribution is -0.137. The molecule has 31 heavy (non-hydrogen) atoms. The van der Waals surface area contributed by atoms with Gasteiger partial charge in [-0.3, -0.25) is 9.69 Å². The lowest BCUT2D eigenvalue weighted by Crippen LogP contribution is -2.36. The minimum Gasteiger partial charge on any atom is -0.383 e. The van der Waals surface area contributed by atoms with E-state index in [-0.39, 0.29) is 42.0 Å². The summed E-state index contributed by atoms with van der Waals surface area (Å²) in [5, 5.41) is 2.76. The number of aromatic nitrogens is 2. The molecule has 0 unspecified atom stereocenters. The van der Waals surface area contributed by atoms with E-state index in [0.717, 1.165) is 17.0 Å². The fourth-order valence-corrected chi connectivity index (χ4v) is 3.14. The van der Waals surface area contributed by atoms with Crippen molar-refractivity contribution in [2.45, 2.75) is 32.5 Å². The Kier molecular flexibility index (Phi) is 6.69. The largest absolute Gasteiger partial charge is 0.416 e. The predicted molar refractivity (Wildman–Crippen MR) is 112 cm³/mol. The van der Waals surface area contributed by atoms with E-state index in [9.17, 15) is 22.8 Å². The maximum absolute atomic E-state index is 13.0. The molecule has 168 valence electrons. The highest BCUT2D eigenvalue weighted by atomic mass is 35.5. The number of halogens is 4. The Bertz CT molecular complexity index is 999. The highest BCUT2D eigenvalue weighted by molar-refractivity contribution is 6.08. The van der Waals surface area contributed by atoms with E-state index in [0.29, 0.717) is 6.54 Å². The second kappa shape index (κ2) is 8.58. The van der Waals surface area contributed by atoms with E-state index in [1.54, 1.807) is 6.92 Å². The van der Waals surface area contributed by atoms with Crippen molar-refractivity contribution < 1.29 is 22.8 Å². The molecule has 3 rings (SSSR count). The summed E-state index contributed by atoms with van der Waals surface area (Å²) < 4.78 is 39.1. The summed E-state index contributed by atoms with van der Waals surface area (Å²) in [6, 6.07) is 4.06. The van der Waals surface area contributed by atoms with Crippen LogP contribution in [0.5, 0.6) is 0 Å². The van der Waals surface area contributed by atoms with Crippen LogP contribution in [0.25, 0.3) is 0 Å². The lowest BCUT2D eigenvalue weighted by atomic mass is 10.1. The molecule has 0 saturated carbocycles. The third-order valence-electron chi connectivity index (χ3n) is 4.57. The Labute approximate surface area is 183 Å². The van der Waals surface area contributed by atoms with E-state index >= 15 is 0 Å². The van der Waals surface area contributed by atoms with E-state index in [1.807, 2.05) is 13.8 Å². The molecule has 3 N–H and O–H groups in total. The summed E-state index contributed by atoms with van der Waals surface area (Å²) in [5.41, 5.74) is 4.59.